The van der Waals surface area contributed by atoms with Gasteiger partial charge in [0, 0.05) is 5.92 Å². The van der Waals surface area contributed by atoms with Gasteiger partial charge in [-0.15, -0.1) is 0 Å². The summed E-state index contributed by atoms with van der Waals surface area (Å²) in [6.45, 7) is 8.02. The largest absolute Gasteiger partial charge is 0.487 e. The summed E-state index contributed by atoms with van der Waals surface area (Å²) in [7, 11) is 0. The Morgan fingerprint density at radius 3 is 2.92 bits per heavy atom. The van der Waals surface area contributed by atoms with Gasteiger partial charge in [-0.2, -0.15) is 0 Å². The Morgan fingerprint density at radius 1 is 1.54 bits per heavy atom. The fourth-order valence-corrected chi connectivity index (χ4v) is 1.94. The van der Waals surface area contributed by atoms with E-state index >= 15 is 0 Å². The third-order valence-corrected chi connectivity index (χ3v) is 2.65. The van der Waals surface area contributed by atoms with Crippen LogP contribution in [-0.2, 0) is 4.74 Å². The lowest BCUT2D eigenvalue weighted by molar-refractivity contribution is 0.177. The highest BCUT2D eigenvalue weighted by atomic mass is 16.5. The van der Waals surface area contributed by atoms with Crippen molar-refractivity contribution < 1.29 is 4.74 Å². The van der Waals surface area contributed by atoms with E-state index in [4.69, 9.17) is 4.74 Å². The summed E-state index contributed by atoms with van der Waals surface area (Å²) >= 11 is 0. The predicted octanol–water partition coefficient (Wildman–Crippen LogP) is 3.66. The highest BCUT2D eigenvalue weighted by molar-refractivity contribution is 5.01. The molecule has 13 heavy (non-hydrogen) atoms. The van der Waals surface area contributed by atoms with Gasteiger partial charge < -0.3 is 4.74 Å². The van der Waals surface area contributed by atoms with Gasteiger partial charge >= 0.3 is 0 Å². The lowest BCUT2D eigenvalue weighted by Gasteiger charge is -2.06. The second-order valence-corrected chi connectivity index (χ2v) is 3.90. The zero-order valence-corrected chi connectivity index (χ0v) is 8.81. The van der Waals surface area contributed by atoms with Crippen molar-refractivity contribution in [1.29, 1.82) is 0 Å². The molecule has 1 fully saturated rings. The molecule has 1 saturated heterocycles. The van der Waals surface area contributed by atoms with Crippen LogP contribution in [0.1, 0.15) is 46.0 Å². The second kappa shape index (κ2) is 5.14. The van der Waals surface area contributed by atoms with Gasteiger partial charge in [-0.1, -0.05) is 38.5 Å². The van der Waals surface area contributed by atoms with Crippen LogP contribution in [0.25, 0.3) is 0 Å². The lowest BCUT2D eigenvalue weighted by atomic mass is 9.96. The molecule has 0 saturated carbocycles. The number of allylic oxidation sites excluding steroid dienone is 1. The molecule has 1 aliphatic heterocycles. The monoisotopic (exact) mass is 180 g/mol. The summed E-state index contributed by atoms with van der Waals surface area (Å²) in [4.78, 5) is 0. The molecule has 1 aliphatic rings. The summed E-state index contributed by atoms with van der Waals surface area (Å²) in [5, 5.41) is 0. The summed E-state index contributed by atoms with van der Waals surface area (Å²) in [5.41, 5.74) is 2.92. The fraction of sp³-hybridized carbons (Fsp3) is 0.750. The molecule has 1 heteroatoms. The fourth-order valence-electron chi connectivity index (χ4n) is 1.94. The van der Waals surface area contributed by atoms with Crippen LogP contribution in [0, 0.1) is 5.92 Å². The third-order valence-electron chi connectivity index (χ3n) is 2.65. The normalized spacial score (nSPS) is 27.1. The van der Waals surface area contributed by atoms with Crippen LogP contribution in [0.3, 0.4) is 0 Å². The molecule has 0 aromatic carbocycles. The highest BCUT2D eigenvalue weighted by Crippen LogP contribution is 2.32. The van der Waals surface area contributed by atoms with Gasteiger partial charge in [0.15, 0.2) is 0 Å². The van der Waals surface area contributed by atoms with Crippen molar-refractivity contribution in [2.75, 3.05) is 0 Å². The minimum Gasteiger partial charge on any atom is -0.487 e. The van der Waals surface area contributed by atoms with E-state index in [1.54, 1.807) is 0 Å². The Bertz CT molecular complexity index is 201. The molecule has 0 bridgehead atoms. The molecule has 74 valence electrons. The smallest absolute Gasteiger partial charge is 0.141 e. The van der Waals surface area contributed by atoms with Gasteiger partial charge in [-0.05, 0) is 19.8 Å². The van der Waals surface area contributed by atoms with Crippen molar-refractivity contribution >= 4 is 0 Å². The summed E-state index contributed by atoms with van der Waals surface area (Å²) < 4.78 is 5.60. The van der Waals surface area contributed by atoms with Gasteiger partial charge in [0.1, 0.15) is 5.76 Å². The van der Waals surface area contributed by atoms with E-state index in [1.807, 2.05) is 0 Å². The molecule has 1 heterocycles. The quantitative estimate of drug-likeness (QED) is 0.474. The minimum absolute atomic E-state index is 0.371. The molecular formula is C12H20O. The SMILES string of the molecule is C=C=C1OC(C)CC1CCCCC. The molecule has 1 nitrogen and oxygen atoms in total. The van der Waals surface area contributed by atoms with Crippen LogP contribution in [0.2, 0.25) is 0 Å². The van der Waals surface area contributed by atoms with Crippen LogP contribution < -0.4 is 0 Å². The summed E-state index contributed by atoms with van der Waals surface area (Å²) in [6.07, 6.45) is 6.70. The van der Waals surface area contributed by atoms with E-state index in [1.165, 1.54) is 25.7 Å². The van der Waals surface area contributed by atoms with Gasteiger partial charge in [0.25, 0.3) is 0 Å². The third kappa shape index (κ3) is 2.93. The van der Waals surface area contributed by atoms with E-state index < -0.39 is 0 Å². The number of rotatable bonds is 4. The average molecular weight is 180 g/mol. The number of unbranched alkanes of at least 4 members (excludes halogenated alkanes) is 2. The lowest BCUT2D eigenvalue weighted by Crippen LogP contribution is -1.98. The Balaban J connectivity index is 2.36. The Hall–Kier alpha value is -0.680. The molecule has 2 atom stereocenters. The first-order valence-corrected chi connectivity index (χ1v) is 5.34. The van der Waals surface area contributed by atoms with E-state index in [2.05, 4.69) is 26.2 Å². The standard InChI is InChI=1S/C12H20O/c1-4-6-7-8-11-9-10(3)13-12(11)5-2/h10-11H,2,4,6-9H2,1,3H3. The van der Waals surface area contributed by atoms with Gasteiger partial charge in [0.05, 0.1) is 6.10 Å². The van der Waals surface area contributed by atoms with Crippen LogP contribution in [-0.4, -0.2) is 6.10 Å². The Morgan fingerprint density at radius 2 is 2.31 bits per heavy atom. The van der Waals surface area contributed by atoms with Crippen LogP contribution in [0.5, 0.6) is 0 Å². The molecule has 1 rings (SSSR count). The van der Waals surface area contributed by atoms with Crippen molar-refractivity contribution in [3.63, 3.8) is 0 Å². The zero-order chi connectivity index (χ0) is 9.68. The zero-order valence-electron chi connectivity index (χ0n) is 8.81. The van der Waals surface area contributed by atoms with Gasteiger partial charge in [0.2, 0.25) is 0 Å². The molecule has 0 spiro atoms. The van der Waals surface area contributed by atoms with E-state index in [-0.39, 0.29) is 0 Å². The molecule has 0 aliphatic carbocycles. The predicted molar refractivity (Wildman–Crippen MR) is 55.4 cm³/mol. The highest BCUT2D eigenvalue weighted by Gasteiger charge is 2.27. The topological polar surface area (TPSA) is 9.23 Å². The summed E-state index contributed by atoms with van der Waals surface area (Å²) in [6, 6.07) is 0. The maximum atomic E-state index is 5.60. The summed E-state index contributed by atoms with van der Waals surface area (Å²) in [5.74, 6) is 1.60. The molecule has 2 unspecified atom stereocenters. The maximum absolute atomic E-state index is 5.60. The molecule has 0 aromatic heterocycles. The van der Waals surface area contributed by atoms with E-state index in [9.17, 15) is 0 Å². The minimum atomic E-state index is 0.371. The van der Waals surface area contributed by atoms with Crippen LogP contribution in [0.15, 0.2) is 18.1 Å². The number of hydrogen-bond donors (Lipinski definition) is 0. The Kier molecular flexibility index (Phi) is 4.11. The number of ether oxygens (including phenoxy) is 1. The molecule has 0 radical (unpaired) electrons. The Labute approximate surface area is 81.5 Å². The van der Waals surface area contributed by atoms with Crippen molar-refractivity contribution in [2.45, 2.75) is 52.1 Å². The first-order valence-electron chi connectivity index (χ1n) is 5.34. The van der Waals surface area contributed by atoms with E-state index in [0.29, 0.717) is 12.0 Å². The molecule has 0 amide bonds. The first kappa shape index (κ1) is 10.4. The molecular weight excluding hydrogens is 160 g/mol. The van der Waals surface area contributed by atoms with Crippen molar-refractivity contribution in [2.24, 2.45) is 5.92 Å². The van der Waals surface area contributed by atoms with Crippen molar-refractivity contribution in [3.8, 4) is 0 Å². The van der Waals surface area contributed by atoms with Crippen molar-refractivity contribution in [1.82, 2.24) is 0 Å². The first-order chi connectivity index (χ1) is 6.27. The van der Waals surface area contributed by atoms with Gasteiger partial charge in [-0.25, -0.2) is 0 Å². The van der Waals surface area contributed by atoms with Crippen LogP contribution >= 0.6 is 0 Å². The average Bonchev–Trinajstić information content (AvgIpc) is 2.47. The maximum Gasteiger partial charge on any atom is 0.141 e. The number of hydrogen-bond acceptors (Lipinski definition) is 1. The van der Waals surface area contributed by atoms with Crippen molar-refractivity contribution in [3.05, 3.63) is 18.1 Å². The molecule has 0 N–H and O–H groups in total. The van der Waals surface area contributed by atoms with Crippen LogP contribution in [0.4, 0.5) is 0 Å². The van der Waals surface area contributed by atoms with E-state index in [0.717, 1.165) is 12.2 Å². The molecule has 0 aromatic rings. The second-order valence-electron chi connectivity index (χ2n) is 3.90. The van der Waals surface area contributed by atoms with Gasteiger partial charge in [-0.3, -0.25) is 0 Å².